The number of rotatable bonds is 2. The minimum absolute atomic E-state index is 0. The van der Waals surface area contributed by atoms with Gasteiger partial charge in [-0.05, 0) is 33.1 Å². The van der Waals surface area contributed by atoms with Crippen LogP contribution in [0.1, 0.15) is 130 Å². The number of hydrogen-bond acceptors (Lipinski definition) is 0. The van der Waals surface area contributed by atoms with Crippen LogP contribution in [0.2, 0.25) is 0 Å². The Labute approximate surface area is 366 Å². The van der Waals surface area contributed by atoms with Crippen LogP contribution in [0.15, 0.2) is 121 Å². The molecule has 3 heteroatoms. The van der Waals surface area contributed by atoms with Crippen LogP contribution >= 0.6 is 0 Å². The molecule has 8 rings (SSSR count). The predicted molar refractivity (Wildman–Crippen MR) is 234 cm³/mol. The first-order valence-corrected chi connectivity index (χ1v) is 21.0. The molecule has 5 aromatic carbocycles. The van der Waals surface area contributed by atoms with Gasteiger partial charge in [-0.2, -0.15) is 11.6 Å². The molecule has 0 bridgehead atoms. The standard InChI is InChI=1S/C31H37.C13H10.C9H13.2ClH.Zr/c1-28(2,3)26-16-30(7,8)24-12-18-11-19-13-25-23(15-21(19)20(18)14-22(24)26)27(29(4,5)6)17-31(25,9)10;1-3-7-12(8-4-1)11-13-9-5-2-6-10-13;1-9(2,3)8-6-4-5-7-8;;;/h11-17H,1-10H3;1-10H;6-7H,4H2,1-3H3;2*1H;/q-1;;-1;;;+2/p-2. The van der Waals surface area contributed by atoms with E-state index in [1.165, 1.54) is 99.1 Å². The number of allylic oxidation sites excluding steroid dienone is 8. The zero-order valence-electron chi connectivity index (χ0n) is 35.9. The van der Waals surface area contributed by atoms with E-state index < -0.39 is 0 Å². The Hall–Kier alpha value is -2.96. The quantitative estimate of drug-likeness (QED) is 0.156. The molecule has 0 saturated heterocycles. The Balaban J connectivity index is 0.000000230. The second-order valence-electron chi connectivity index (χ2n) is 19.7. The molecule has 5 aromatic rings. The Morgan fingerprint density at radius 1 is 0.589 bits per heavy atom. The molecule has 0 unspecified atom stereocenters. The number of halogens is 2. The molecule has 0 aliphatic heterocycles. The number of benzene rings is 4. The van der Waals surface area contributed by atoms with E-state index in [1.54, 1.807) is 0 Å². The zero-order chi connectivity index (χ0) is 39.4. The van der Waals surface area contributed by atoms with Crippen LogP contribution < -0.4 is 24.8 Å². The van der Waals surface area contributed by atoms with E-state index in [4.69, 9.17) is 0 Å². The first-order chi connectivity index (χ1) is 25.1. The fraction of sp³-hybridized carbons (Fsp3) is 0.358. The van der Waals surface area contributed by atoms with Crippen molar-refractivity contribution in [2.75, 3.05) is 0 Å². The van der Waals surface area contributed by atoms with Crippen LogP contribution in [-0.4, -0.2) is 3.21 Å². The summed E-state index contributed by atoms with van der Waals surface area (Å²) in [5.74, 6) is 0. The number of fused-ring (bicyclic) bond motifs is 5. The summed E-state index contributed by atoms with van der Waals surface area (Å²) in [5, 5.41) is 5.58. The molecule has 0 nitrogen and oxygen atoms in total. The molecule has 292 valence electrons. The fourth-order valence-corrected chi connectivity index (χ4v) is 9.01. The van der Waals surface area contributed by atoms with Crippen molar-refractivity contribution in [3.8, 4) is 0 Å². The van der Waals surface area contributed by atoms with Crippen LogP contribution in [0, 0.1) is 22.3 Å². The molecule has 0 aromatic heterocycles. The number of hydrogen-bond donors (Lipinski definition) is 0. The maximum absolute atomic E-state index is 3.16. The van der Waals surface area contributed by atoms with E-state index in [-0.39, 0.29) is 46.5 Å². The molecule has 0 heterocycles. The Kier molecular flexibility index (Phi) is 13.7. The molecule has 0 amide bonds. The minimum atomic E-state index is 0. The van der Waals surface area contributed by atoms with E-state index in [0.717, 1.165) is 6.42 Å². The van der Waals surface area contributed by atoms with Crippen LogP contribution in [0.5, 0.6) is 0 Å². The van der Waals surface area contributed by atoms with E-state index in [9.17, 15) is 0 Å². The molecule has 3 aliphatic carbocycles. The van der Waals surface area contributed by atoms with Gasteiger partial charge in [-0.3, -0.25) is 6.08 Å². The van der Waals surface area contributed by atoms with E-state index in [2.05, 4.69) is 211 Å². The molecule has 0 fully saturated rings. The summed E-state index contributed by atoms with van der Waals surface area (Å²) >= 11 is 1.46. The van der Waals surface area contributed by atoms with Crippen molar-refractivity contribution < 1.29 is 49.0 Å². The summed E-state index contributed by atoms with van der Waals surface area (Å²) in [6.45, 7) is 30.1. The first kappa shape index (κ1) is 45.7. The molecular formula is C53H60Cl2Zr-2. The van der Waals surface area contributed by atoms with Gasteiger partial charge in [0, 0.05) is 10.8 Å². The van der Waals surface area contributed by atoms with E-state index in [1.807, 2.05) is 0 Å². The summed E-state index contributed by atoms with van der Waals surface area (Å²) < 4.78 is 1.42. The predicted octanol–water partition coefficient (Wildman–Crippen LogP) is 8.69. The van der Waals surface area contributed by atoms with E-state index >= 15 is 0 Å². The Morgan fingerprint density at radius 3 is 1.29 bits per heavy atom. The SMILES string of the molecule is CC(C)(C)C1=CC(C)(C)c2cc3[cH-]c4cc5c(cc4c3cc21)C(C(C)(C)C)=CC5(C)C.CC(C)(C)C1=CC[C-]=C1.[Cl-].[Cl-].[Zr+2]=[C](c1ccccc1)c1ccccc1. The first-order valence-electron chi connectivity index (χ1n) is 19.7. The van der Waals surface area contributed by atoms with Crippen molar-refractivity contribution in [3.05, 3.63) is 160 Å². The summed E-state index contributed by atoms with van der Waals surface area (Å²) in [6, 6.07) is 33.4. The topological polar surface area (TPSA) is 0 Å². The average Bonchev–Trinajstić information content (AvgIpc) is 3.87. The molecule has 0 N–H and O–H groups in total. The molecule has 0 radical (unpaired) electrons. The van der Waals surface area contributed by atoms with Crippen molar-refractivity contribution in [2.24, 2.45) is 16.2 Å². The van der Waals surface area contributed by atoms with Gasteiger partial charge >= 0.3 is 99.2 Å². The summed E-state index contributed by atoms with van der Waals surface area (Å²) in [5.41, 5.74) is 13.7. The third-order valence-electron chi connectivity index (χ3n) is 11.3. The fourth-order valence-electron chi connectivity index (χ4n) is 8.19. The van der Waals surface area contributed by atoms with Crippen molar-refractivity contribution in [2.45, 2.75) is 107 Å². The third kappa shape index (κ3) is 9.49. The van der Waals surface area contributed by atoms with Gasteiger partial charge in [-0.1, -0.05) is 131 Å². The second-order valence-corrected chi connectivity index (χ2v) is 21.0. The van der Waals surface area contributed by atoms with Crippen molar-refractivity contribution >= 4 is 35.9 Å². The molecule has 0 atom stereocenters. The van der Waals surface area contributed by atoms with E-state index in [0.29, 0.717) is 5.41 Å². The van der Waals surface area contributed by atoms with Gasteiger partial charge in [0.25, 0.3) is 0 Å². The van der Waals surface area contributed by atoms with Crippen LogP contribution in [0.4, 0.5) is 0 Å². The Bertz CT molecular complexity index is 2190. The van der Waals surface area contributed by atoms with Gasteiger partial charge < -0.3 is 24.8 Å². The normalized spacial score (nSPS) is 16.2. The molecule has 0 saturated carbocycles. The van der Waals surface area contributed by atoms with Gasteiger partial charge in [-0.25, -0.2) is 6.08 Å². The second kappa shape index (κ2) is 16.7. The third-order valence-corrected chi connectivity index (χ3v) is 12.7. The van der Waals surface area contributed by atoms with Gasteiger partial charge in [0.15, 0.2) is 0 Å². The zero-order valence-corrected chi connectivity index (χ0v) is 39.9. The van der Waals surface area contributed by atoms with Gasteiger partial charge in [0.1, 0.15) is 0 Å². The van der Waals surface area contributed by atoms with Crippen LogP contribution in [0.25, 0.3) is 32.7 Å². The van der Waals surface area contributed by atoms with Gasteiger partial charge in [0.05, 0.1) is 0 Å². The van der Waals surface area contributed by atoms with Gasteiger partial charge in [-0.15, -0.1) is 46.2 Å². The van der Waals surface area contributed by atoms with Crippen molar-refractivity contribution in [3.63, 3.8) is 0 Å². The maximum atomic E-state index is 3.16. The molecular weight excluding hydrogens is 799 g/mol. The monoisotopic (exact) mass is 856 g/mol. The molecule has 0 spiro atoms. The average molecular weight is 859 g/mol. The summed E-state index contributed by atoms with van der Waals surface area (Å²) in [6.07, 6.45) is 13.5. The summed E-state index contributed by atoms with van der Waals surface area (Å²) in [7, 11) is 0. The van der Waals surface area contributed by atoms with Crippen molar-refractivity contribution in [1.29, 1.82) is 0 Å². The molecule has 56 heavy (non-hydrogen) atoms. The van der Waals surface area contributed by atoms with Crippen LogP contribution in [0.3, 0.4) is 0 Å². The Morgan fingerprint density at radius 2 is 0.982 bits per heavy atom. The van der Waals surface area contributed by atoms with Gasteiger partial charge in [0.2, 0.25) is 0 Å². The van der Waals surface area contributed by atoms with Crippen LogP contribution in [-0.2, 0) is 35.1 Å². The van der Waals surface area contributed by atoms with Crippen molar-refractivity contribution in [1.82, 2.24) is 0 Å². The summed E-state index contributed by atoms with van der Waals surface area (Å²) in [4.78, 5) is 0. The molecule has 3 aliphatic rings.